The highest BCUT2D eigenvalue weighted by Gasteiger charge is 2.34. The summed E-state index contributed by atoms with van der Waals surface area (Å²) in [5.41, 5.74) is 4.57. The van der Waals surface area contributed by atoms with E-state index in [9.17, 15) is 15.2 Å². The van der Waals surface area contributed by atoms with Crippen LogP contribution in [0.4, 0.5) is 5.82 Å². The van der Waals surface area contributed by atoms with Gasteiger partial charge in [0.15, 0.2) is 5.65 Å². The Morgan fingerprint density at radius 3 is 2.71 bits per heavy atom. The minimum absolute atomic E-state index is 0.0945. The van der Waals surface area contributed by atoms with Crippen LogP contribution in [0.15, 0.2) is 60.8 Å². The molecule has 2 aliphatic heterocycles. The molecule has 4 aromatic rings. The first kappa shape index (κ1) is 24.1. The van der Waals surface area contributed by atoms with Crippen LogP contribution in [0.5, 0.6) is 0 Å². The van der Waals surface area contributed by atoms with E-state index in [0.717, 1.165) is 47.6 Å². The maximum atomic E-state index is 13.7. The minimum Gasteiger partial charge on any atom is -0.390 e. The molecule has 192 valence electrons. The predicted molar refractivity (Wildman–Crippen MR) is 142 cm³/mol. The van der Waals surface area contributed by atoms with Gasteiger partial charge in [0, 0.05) is 43.0 Å². The van der Waals surface area contributed by atoms with Gasteiger partial charge in [-0.05, 0) is 38.3 Å². The van der Waals surface area contributed by atoms with Crippen LogP contribution in [0.2, 0.25) is 0 Å². The molecule has 6 rings (SSSR count). The normalized spacial score (nSPS) is 21.6. The van der Waals surface area contributed by atoms with Gasteiger partial charge >= 0.3 is 0 Å². The summed E-state index contributed by atoms with van der Waals surface area (Å²) in [6, 6.07) is 19.4. The second kappa shape index (κ2) is 9.88. The number of rotatable bonds is 4. The van der Waals surface area contributed by atoms with E-state index >= 15 is 0 Å². The summed E-state index contributed by atoms with van der Waals surface area (Å²) >= 11 is 0. The summed E-state index contributed by atoms with van der Waals surface area (Å²) in [7, 11) is 0. The van der Waals surface area contributed by atoms with E-state index < -0.39 is 12.0 Å². The smallest absolute Gasteiger partial charge is 0.273 e. The molecule has 1 aromatic carbocycles. The number of fused-ring (bicyclic) bond motifs is 1. The van der Waals surface area contributed by atoms with Gasteiger partial charge in [-0.1, -0.05) is 36.4 Å². The molecule has 2 aliphatic rings. The lowest BCUT2D eigenvalue weighted by molar-refractivity contribution is 0.0599. The molecule has 0 spiro atoms. The second-order valence-electron chi connectivity index (χ2n) is 10.1. The molecule has 2 saturated heterocycles. The molecule has 0 saturated carbocycles. The SMILES string of the molecule is Cc1cn2nc(C3CCCCN3C(=O)c3cccc(-c4ccccc4)n3)cc2nc1N1CC(O)C(C#N)C1. The van der Waals surface area contributed by atoms with Crippen LogP contribution < -0.4 is 4.90 Å². The summed E-state index contributed by atoms with van der Waals surface area (Å²) in [5.74, 6) is 0.228. The molecule has 5 heterocycles. The molecule has 1 N–H and O–H groups in total. The quantitative estimate of drug-likeness (QED) is 0.447. The average Bonchev–Trinajstić information content (AvgIpc) is 3.55. The highest BCUT2D eigenvalue weighted by molar-refractivity contribution is 5.93. The van der Waals surface area contributed by atoms with Gasteiger partial charge in [0.2, 0.25) is 0 Å². The monoisotopic (exact) mass is 507 g/mol. The maximum absolute atomic E-state index is 13.7. The summed E-state index contributed by atoms with van der Waals surface area (Å²) in [6.45, 7) is 3.43. The highest BCUT2D eigenvalue weighted by atomic mass is 16.3. The van der Waals surface area contributed by atoms with E-state index in [1.807, 2.05) is 71.5 Å². The van der Waals surface area contributed by atoms with Gasteiger partial charge in [-0.25, -0.2) is 14.5 Å². The minimum atomic E-state index is -0.686. The zero-order chi connectivity index (χ0) is 26.2. The third kappa shape index (κ3) is 4.37. The van der Waals surface area contributed by atoms with E-state index in [0.29, 0.717) is 31.0 Å². The number of carbonyl (C=O) groups excluding carboxylic acids is 1. The zero-order valence-corrected chi connectivity index (χ0v) is 21.2. The molecular formula is C29H29N7O2. The van der Waals surface area contributed by atoms with Crippen molar-refractivity contribution < 1.29 is 9.90 Å². The largest absolute Gasteiger partial charge is 0.390 e. The van der Waals surface area contributed by atoms with Crippen molar-refractivity contribution in [3.8, 4) is 17.3 Å². The van der Waals surface area contributed by atoms with E-state index in [2.05, 4.69) is 6.07 Å². The van der Waals surface area contributed by atoms with Crippen molar-refractivity contribution in [1.29, 1.82) is 5.26 Å². The molecule has 3 unspecified atom stereocenters. The molecular weight excluding hydrogens is 478 g/mol. The number of aromatic nitrogens is 4. The van der Waals surface area contributed by atoms with Gasteiger partial charge in [0.25, 0.3) is 5.91 Å². The van der Waals surface area contributed by atoms with Crippen LogP contribution >= 0.6 is 0 Å². The topological polar surface area (TPSA) is 111 Å². The van der Waals surface area contributed by atoms with Gasteiger partial charge in [-0.3, -0.25) is 4.79 Å². The van der Waals surface area contributed by atoms with Crippen molar-refractivity contribution in [2.75, 3.05) is 24.5 Å². The Labute approximate surface area is 221 Å². The molecule has 3 atom stereocenters. The number of carbonyl (C=O) groups is 1. The van der Waals surface area contributed by atoms with Crippen LogP contribution in [-0.2, 0) is 0 Å². The number of β-amino-alcohol motifs (C(OH)–C–C–N with tert-alkyl or cyclic N) is 1. The van der Waals surface area contributed by atoms with E-state index in [4.69, 9.17) is 15.1 Å². The molecule has 1 amide bonds. The standard InChI is InChI=1S/C29H29N7O2/c1-19-16-36-27(32-28(19)34-17-21(15-30)26(37)18-34)14-24(33-36)25-12-5-6-13-35(25)29(38)23-11-7-10-22(31-23)20-8-3-2-4-9-20/h2-4,7-11,14,16,21,25-26,37H,5-6,12-13,17-18H2,1H3. The van der Waals surface area contributed by atoms with Crippen molar-refractivity contribution in [2.24, 2.45) is 5.92 Å². The number of hydrogen-bond donors (Lipinski definition) is 1. The summed E-state index contributed by atoms with van der Waals surface area (Å²) in [6.07, 6.45) is 4.01. The fourth-order valence-electron chi connectivity index (χ4n) is 5.54. The first-order valence-corrected chi connectivity index (χ1v) is 13.0. The lowest BCUT2D eigenvalue weighted by atomic mass is 9.98. The summed E-state index contributed by atoms with van der Waals surface area (Å²) < 4.78 is 1.76. The van der Waals surface area contributed by atoms with Crippen LogP contribution in [-0.4, -0.2) is 61.2 Å². The van der Waals surface area contributed by atoms with Gasteiger partial charge < -0.3 is 14.9 Å². The summed E-state index contributed by atoms with van der Waals surface area (Å²) in [5, 5.41) is 24.3. The number of benzene rings is 1. The fraction of sp³-hybridized carbons (Fsp3) is 0.345. The first-order valence-electron chi connectivity index (χ1n) is 13.0. The molecule has 2 fully saturated rings. The number of anilines is 1. The predicted octanol–water partition coefficient (Wildman–Crippen LogP) is 3.79. The van der Waals surface area contributed by atoms with Crippen molar-refractivity contribution in [1.82, 2.24) is 24.5 Å². The third-order valence-electron chi connectivity index (χ3n) is 7.52. The van der Waals surface area contributed by atoms with Gasteiger partial charge in [0.05, 0.1) is 35.5 Å². The van der Waals surface area contributed by atoms with Crippen LogP contribution in [0.1, 0.15) is 47.1 Å². The van der Waals surface area contributed by atoms with Crippen molar-refractivity contribution in [2.45, 2.75) is 38.3 Å². The Morgan fingerprint density at radius 1 is 1.08 bits per heavy atom. The molecule has 9 heteroatoms. The number of nitrogens with zero attached hydrogens (tertiary/aromatic N) is 7. The van der Waals surface area contributed by atoms with Crippen LogP contribution in [0.3, 0.4) is 0 Å². The van der Waals surface area contributed by atoms with E-state index in [-0.39, 0.29) is 11.9 Å². The molecule has 0 bridgehead atoms. The molecule has 3 aromatic heterocycles. The lowest BCUT2D eigenvalue weighted by Gasteiger charge is -2.34. The third-order valence-corrected chi connectivity index (χ3v) is 7.52. The van der Waals surface area contributed by atoms with Crippen LogP contribution in [0.25, 0.3) is 16.9 Å². The molecule has 38 heavy (non-hydrogen) atoms. The van der Waals surface area contributed by atoms with Gasteiger partial charge in [-0.2, -0.15) is 10.4 Å². The first-order chi connectivity index (χ1) is 18.5. The number of pyridine rings is 1. The number of aryl methyl sites for hydroxylation is 1. The Bertz CT molecular complexity index is 1530. The zero-order valence-electron chi connectivity index (χ0n) is 21.2. The number of piperidine rings is 1. The number of aliphatic hydroxyl groups is 1. The van der Waals surface area contributed by atoms with Crippen molar-refractivity contribution in [3.05, 3.63) is 77.7 Å². The van der Waals surface area contributed by atoms with Crippen LogP contribution in [0, 0.1) is 24.2 Å². The molecule has 0 aliphatic carbocycles. The Balaban J connectivity index is 1.29. The van der Waals surface area contributed by atoms with E-state index in [1.165, 1.54) is 0 Å². The average molecular weight is 508 g/mol. The Hall–Kier alpha value is -4.29. The molecule has 9 nitrogen and oxygen atoms in total. The fourth-order valence-corrected chi connectivity index (χ4v) is 5.54. The Morgan fingerprint density at radius 2 is 1.92 bits per heavy atom. The van der Waals surface area contributed by atoms with Crippen molar-refractivity contribution in [3.63, 3.8) is 0 Å². The number of hydrogen-bond acceptors (Lipinski definition) is 7. The second-order valence-corrected chi connectivity index (χ2v) is 10.1. The number of likely N-dealkylation sites (tertiary alicyclic amines) is 1. The van der Waals surface area contributed by atoms with Crippen molar-refractivity contribution >= 4 is 17.4 Å². The summed E-state index contributed by atoms with van der Waals surface area (Å²) in [4.78, 5) is 27.1. The lowest BCUT2D eigenvalue weighted by Crippen LogP contribution is -2.39. The maximum Gasteiger partial charge on any atom is 0.273 e. The highest BCUT2D eigenvalue weighted by Crippen LogP contribution is 2.33. The number of aliphatic hydroxyl groups excluding tert-OH is 1. The van der Waals surface area contributed by atoms with E-state index in [1.54, 1.807) is 10.6 Å². The van der Waals surface area contributed by atoms with Gasteiger partial charge in [0.1, 0.15) is 11.5 Å². The number of amides is 1. The Kier molecular flexibility index (Phi) is 6.26. The number of nitriles is 1. The molecule has 0 radical (unpaired) electrons. The van der Waals surface area contributed by atoms with Gasteiger partial charge in [-0.15, -0.1) is 0 Å².